The highest BCUT2D eigenvalue weighted by Crippen LogP contribution is 2.44. The lowest BCUT2D eigenvalue weighted by Crippen LogP contribution is -2.38. The summed E-state index contributed by atoms with van der Waals surface area (Å²) in [7, 11) is -4.48. The molecule has 0 aliphatic carbocycles. The average molecular weight is 409 g/mol. The van der Waals surface area contributed by atoms with Gasteiger partial charge in [0.1, 0.15) is 18.3 Å². The van der Waals surface area contributed by atoms with Crippen LogP contribution in [0.4, 0.5) is 4.39 Å². The van der Waals surface area contributed by atoms with Gasteiger partial charge in [0.15, 0.2) is 11.9 Å². The molecule has 14 heteroatoms. The molecule has 5 atom stereocenters. The van der Waals surface area contributed by atoms with Crippen LogP contribution in [0.15, 0.2) is 23.6 Å². The van der Waals surface area contributed by atoms with Gasteiger partial charge in [-0.3, -0.25) is 23.2 Å². The molecule has 150 valence electrons. The number of aromatic nitrogens is 2. The average Bonchev–Trinajstić information content (AvgIpc) is 2.88. The second-order valence-corrected chi connectivity index (χ2v) is 6.84. The van der Waals surface area contributed by atoms with E-state index in [-0.39, 0.29) is 6.61 Å². The molecule has 12 nitrogen and oxygen atoms in total. The van der Waals surface area contributed by atoms with Crippen LogP contribution in [0.5, 0.6) is 0 Å². The molecule has 2 rings (SSSR count). The molecule has 0 radical (unpaired) electrons. The minimum absolute atomic E-state index is 0.283. The molecule has 0 spiro atoms. The molecule has 1 aliphatic heterocycles. The Morgan fingerprint density at radius 3 is 2.74 bits per heavy atom. The quantitative estimate of drug-likeness (QED) is 0.289. The molecule has 1 aromatic rings. The number of amides is 1. The fraction of sp³-hybridized carbons (Fsp3) is 0.462. The Balaban J connectivity index is 2.20. The smallest absolute Gasteiger partial charge is 0.387 e. The largest absolute Gasteiger partial charge is 0.472 e. The normalized spacial score (nSPS) is 27.3. The summed E-state index contributed by atoms with van der Waals surface area (Å²) in [5, 5.41) is 20.1. The number of halogens is 1. The van der Waals surface area contributed by atoms with Gasteiger partial charge in [-0.25, -0.2) is 9.55 Å². The molecule has 1 aliphatic rings. The summed E-state index contributed by atoms with van der Waals surface area (Å²) in [4.78, 5) is 35.8. The monoisotopic (exact) mass is 409 g/mol. The van der Waals surface area contributed by atoms with Gasteiger partial charge in [0, 0.05) is 0 Å². The van der Waals surface area contributed by atoms with Crippen molar-refractivity contribution in [3.8, 4) is 0 Å². The summed E-state index contributed by atoms with van der Waals surface area (Å²) in [6, 6.07) is 0. The van der Waals surface area contributed by atoms with Crippen LogP contribution in [-0.2, 0) is 18.3 Å². The zero-order chi connectivity index (χ0) is 20.4. The van der Waals surface area contributed by atoms with Gasteiger partial charge in [0.05, 0.1) is 19.4 Å². The summed E-state index contributed by atoms with van der Waals surface area (Å²) >= 11 is 0. The molecule has 0 aromatic carbocycles. The van der Waals surface area contributed by atoms with Crippen LogP contribution in [-0.4, -0.2) is 62.1 Å². The second kappa shape index (κ2) is 8.35. The molecule has 1 fully saturated rings. The minimum atomic E-state index is -4.48. The van der Waals surface area contributed by atoms with Crippen LogP contribution < -0.4 is 11.3 Å². The lowest BCUT2D eigenvalue weighted by Gasteiger charge is -2.18. The Labute approximate surface area is 151 Å². The van der Waals surface area contributed by atoms with E-state index < -0.39 is 62.1 Å². The molecule has 1 saturated heterocycles. The number of hydrogen-bond donors (Lipinski definition) is 4. The molecule has 1 amide bonds. The topological polar surface area (TPSA) is 183 Å². The third-order valence-electron chi connectivity index (χ3n) is 3.50. The summed E-state index contributed by atoms with van der Waals surface area (Å²) in [6.45, 7) is 2.30. The number of rotatable bonds is 8. The van der Waals surface area contributed by atoms with E-state index in [1.54, 1.807) is 0 Å². The Bertz CT molecular complexity index is 832. The van der Waals surface area contributed by atoms with Crippen LogP contribution in [0, 0.1) is 5.95 Å². The number of hydrogen-bond acceptors (Lipinski definition) is 9. The van der Waals surface area contributed by atoms with Gasteiger partial charge in [-0.15, -0.1) is 6.58 Å². The number of aliphatic hydroxyl groups excluding tert-OH is 2. The van der Waals surface area contributed by atoms with Crippen LogP contribution in [0.3, 0.4) is 0 Å². The third-order valence-corrected chi connectivity index (χ3v) is 4.45. The summed E-state index contributed by atoms with van der Waals surface area (Å²) in [5.41, 5.74) is 2.85. The van der Waals surface area contributed by atoms with E-state index in [1.807, 2.05) is 0 Å². The maximum absolute atomic E-state index is 13.6. The summed E-state index contributed by atoms with van der Waals surface area (Å²) < 4.78 is 40.0. The zero-order valence-electron chi connectivity index (χ0n) is 13.7. The van der Waals surface area contributed by atoms with Crippen LogP contribution in [0.25, 0.3) is 0 Å². The number of nitrogens with zero attached hydrogens (tertiary/aromatic N) is 2. The van der Waals surface area contributed by atoms with E-state index >= 15 is 0 Å². The highest BCUT2D eigenvalue weighted by atomic mass is 31.2. The van der Waals surface area contributed by atoms with Crippen molar-refractivity contribution in [3.63, 3.8) is 0 Å². The number of ether oxygens (including phenoxy) is 1. The highest BCUT2D eigenvalue weighted by Gasteiger charge is 2.45. The van der Waals surface area contributed by atoms with E-state index in [9.17, 15) is 33.7 Å². The number of nitrogens with two attached hydrogens (primary N) is 1. The maximum atomic E-state index is 13.6. The van der Waals surface area contributed by atoms with Gasteiger partial charge in [0.25, 0.3) is 11.5 Å². The number of primary amides is 1. The Morgan fingerprint density at radius 1 is 1.48 bits per heavy atom. The van der Waals surface area contributed by atoms with Crippen molar-refractivity contribution in [3.05, 3.63) is 40.8 Å². The summed E-state index contributed by atoms with van der Waals surface area (Å²) in [5.74, 6) is -2.56. The minimum Gasteiger partial charge on any atom is -0.387 e. The number of carbonyl (C=O) groups excluding carboxylic acids is 1. The first-order valence-electron chi connectivity index (χ1n) is 7.40. The molecular formula is C13H17FN3O9P. The molecule has 5 N–H and O–H groups in total. The fourth-order valence-corrected chi connectivity index (χ4v) is 2.98. The van der Waals surface area contributed by atoms with Crippen molar-refractivity contribution in [1.29, 1.82) is 0 Å². The van der Waals surface area contributed by atoms with Gasteiger partial charge < -0.3 is 25.6 Å². The first-order valence-corrected chi connectivity index (χ1v) is 8.89. The predicted octanol–water partition coefficient (Wildman–Crippen LogP) is -1.58. The van der Waals surface area contributed by atoms with E-state index in [1.165, 1.54) is 6.08 Å². The molecule has 0 bridgehead atoms. The molecule has 27 heavy (non-hydrogen) atoms. The van der Waals surface area contributed by atoms with E-state index in [2.05, 4.69) is 20.6 Å². The molecule has 0 saturated carbocycles. The number of phosphoric acid groups is 1. The summed E-state index contributed by atoms with van der Waals surface area (Å²) in [6.07, 6.45) is -4.70. The van der Waals surface area contributed by atoms with Gasteiger partial charge in [-0.1, -0.05) is 6.08 Å². The van der Waals surface area contributed by atoms with Crippen LogP contribution in [0.1, 0.15) is 16.7 Å². The SMILES string of the molecule is C=CCOP(=O)(O)OC[C@H]1O[C@@H](n2cc(F)nc(C(N)=O)c2=O)[C@H](O)[C@H]1O. The van der Waals surface area contributed by atoms with Crippen LogP contribution >= 0.6 is 7.82 Å². The first-order chi connectivity index (χ1) is 12.6. The van der Waals surface area contributed by atoms with Crippen molar-refractivity contribution >= 4 is 13.7 Å². The fourth-order valence-electron chi connectivity index (χ4n) is 2.28. The van der Waals surface area contributed by atoms with Gasteiger partial charge in [-0.2, -0.15) is 4.39 Å². The number of carbonyl (C=O) groups is 1. The van der Waals surface area contributed by atoms with E-state index in [4.69, 9.17) is 10.5 Å². The molecular weight excluding hydrogens is 392 g/mol. The van der Waals surface area contributed by atoms with Crippen molar-refractivity contribution < 1.29 is 42.6 Å². The van der Waals surface area contributed by atoms with Crippen molar-refractivity contribution in [2.24, 2.45) is 5.73 Å². The lowest BCUT2D eigenvalue weighted by molar-refractivity contribution is -0.0550. The van der Waals surface area contributed by atoms with Crippen LogP contribution in [0.2, 0.25) is 0 Å². The van der Waals surface area contributed by atoms with E-state index in [0.717, 1.165) is 0 Å². The predicted molar refractivity (Wildman–Crippen MR) is 84.8 cm³/mol. The highest BCUT2D eigenvalue weighted by molar-refractivity contribution is 7.47. The molecule has 2 heterocycles. The zero-order valence-corrected chi connectivity index (χ0v) is 14.6. The van der Waals surface area contributed by atoms with Crippen molar-refractivity contribution in [1.82, 2.24) is 9.55 Å². The number of aliphatic hydroxyl groups is 2. The van der Waals surface area contributed by atoms with E-state index in [0.29, 0.717) is 10.8 Å². The third kappa shape index (κ3) is 4.84. The molecule has 1 unspecified atom stereocenters. The van der Waals surface area contributed by atoms with Gasteiger partial charge >= 0.3 is 7.82 Å². The van der Waals surface area contributed by atoms with Gasteiger partial charge in [0.2, 0.25) is 5.95 Å². The second-order valence-electron chi connectivity index (χ2n) is 5.38. The maximum Gasteiger partial charge on any atom is 0.472 e. The van der Waals surface area contributed by atoms with Crippen molar-refractivity contribution in [2.45, 2.75) is 24.5 Å². The lowest BCUT2D eigenvalue weighted by atomic mass is 10.1. The standard InChI is InChI=1S/C13H17FN3O9P/c1-2-3-24-27(22,23)25-5-6-9(18)10(19)13(26-6)17-4-7(14)16-8(11(15)20)12(17)21/h2,4,6,9-10,13,18-19H,1,3,5H2,(H2,15,20)(H,22,23)/t6-,9+,10-,13-/m1/s1. The first kappa shape index (κ1) is 21.3. The van der Waals surface area contributed by atoms with Gasteiger partial charge in [-0.05, 0) is 0 Å². The van der Waals surface area contributed by atoms with Crippen molar-refractivity contribution in [2.75, 3.05) is 13.2 Å². The Morgan fingerprint density at radius 2 is 2.15 bits per heavy atom. The Hall–Kier alpha value is -1.99. The number of phosphoric ester groups is 1. The molecule has 1 aromatic heterocycles. The Kier molecular flexibility index (Phi) is 6.59.